The van der Waals surface area contributed by atoms with Crippen LogP contribution in [0, 0.1) is 5.92 Å². The Bertz CT molecular complexity index is 356. The van der Waals surface area contributed by atoms with Gasteiger partial charge in [0, 0.05) is 6.04 Å². The van der Waals surface area contributed by atoms with Crippen LogP contribution in [0.15, 0.2) is 0 Å². The smallest absolute Gasteiger partial charge is 0.323 e. The number of nitrogens with zero attached hydrogens (tertiary/aromatic N) is 3. The summed E-state index contributed by atoms with van der Waals surface area (Å²) in [5.41, 5.74) is 5.58. The quantitative estimate of drug-likeness (QED) is 0.785. The fourth-order valence-electron chi connectivity index (χ4n) is 1.62. The number of ether oxygens (including phenoxy) is 1. The van der Waals surface area contributed by atoms with Crippen LogP contribution in [0.2, 0.25) is 0 Å². The molecule has 3 N–H and O–H groups in total. The van der Waals surface area contributed by atoms with Gasteiger partial charge in [0.05, 0.1) is 6.61 Å². The molecule has 6 nitrogen and oxygen atoms in total. The van der Waals surface area contributed by atoms with Crippen molar-refractivity contribution in [3.63, 3.8) is 0 Å². The van der Waals surface area contributed by atoms with Crippen LogP contribution >= 0.6 is 0 Å². The van der Waals surface area contributed by atoms with Gasteiger partial charge in [-0.2, -0.15) is 15.0 Å². The van der Waals surface area contributed by atoms with Crippen molar-refractivity contribution in [1.29, 1.82) is 0 Å². The first-order chi connectivity index (χ1) is 8.01. The Kier molecular flexibility index (Phi) is 4.93. The molecule has 0 aliphatic carbocycles. The van der Waals surface area contributed by atoms with Crippen molar-refractivity contribution in [2.75, 3.05) is 17.7 Å². The Hall–Kier alpha value is -1.59. The van der Waals surface area contributed by atoms with E-state index in [0.29, 0.717) is 18.5 Å². The summed E-state index contributed by atoms with van der Waals surface area (Å²) in [6, 6.07) is 0.547. The van der Waals surface area contributed by atoms with E-state index in [9.17, 15) is 0 Å². The number of nitrogen functional groups attached to an aromatic ring is 1. The Morgan fingerprint density at radius 2 is 1.94 bits per heavy atom. The summed E-state index contributed by atoms with van der Waals surface area (Å²) in [5, 5.41) is 3.19. The van der Waals surface area contributed by atoms with Gasteiger partial charge in [0.1, 0.15) is 0 Å². The molecule has 17 heavy (non-hydrogen) atoms. The van der Waals surface area contributed by atoms with Gasteiger partial charge < -0.3 is 15.8 Å². The first-order valence-corrected chi connectivity index (χ1v) is 5.92. The fourth-order valence-corrected chi connectivity index (χ4v) is 1.62. The van der Waals surface area contributed by atoms with Crippen molar-refractivity contribution in [1.82, 2.24) is 15.0 Å². The zero-order chi connectivity index (χ0) is 12.8. The summed E-state index contributed by atoms with van der Waals surface area (Å²) in [5.74, 6) is 1.25. The maximum absolute atomic E-state index is 5.58. The molecule has 1 aromatic heterocycles. The molecular formula is C11H21N5O. The average molecular weight is 239 g/mol. The Morgan fingerprint density at radius 1 is 1.24 bits per heavy atom. The topological polar surface area (TPSA) is 86.0 Å². The molecule has 1 atom stereocenters. The van der Waals surface area contributed by atoms with E-state index in [2.05, 4.69) is 41.0 Å². The lowest BCUT2D eigenvalue weighted by Crippen LogP contribution is -2.20. The summed E-state index contributed by atoms with van der Waals surface area (Å²) >= 11 is 0. The number of nitrogens with two attached hydrogens (primary N) is 1. The van der Waals surface area contributed by atoms with Crippen LogP contribution in [-0.2, 0) is 0 Å². The molecule has 96 valence electrons. The standard InChI is InChI=1S/C11H21N5O/c1-5-17-11-15-9(12)14-10(16-11)13-8(4)6-7(2)3/h7-8H,5-6H2,1-4H3,(H3,12,13,14,15,16). The predicted octanol–water partition coefficient (Wildman–Crippen LogP) is 1.70. The van der Waals surface area contributed by atoms with Gasteiger partial charge >= 0.3 is 6.01 Å². The molecule has 0 amide bonds. The predicted molar refractivity (Wildman–Crippen MR) is 67.9 cm³/mol. The molecule has 0 aliphatic rings. The van der Waals surface area contributed by atoms with Gasteiger partial charge in [-0.3, -0.25) is 0 Å². The van der Waals surface area contributed by atoms with E-state index in [1.54, 1.807) is 0 Å². The van der Waals surface area contributed by atoms with E-state index in [-0.39, 0.29) is 18.0 Å². The van der Waals surface area contributed by atoms with Crippen molar-refractivity contribution in [3.05, 3.63) is 0 Å². The number of nitrogens with one attached hydrogen (secondary N) is 1. The van der Waals surface area contributed by atoms with Crippen LogP contribution in [0.3, 0.4) is 0 Å². The SMILES string of the molecule is CCOc1nc(N)nc(NC(C)CC(C)C)n1. The number of hydrogen-bond donors (Lipinski definition) is 2. The van der Waals surface area contributed by atoms with Crippen molar-refractivity contribution < 1.29 is 4.74 Å². The van der Waals surface area contributed by atoms with E-state index in [4.69, 9.17) is 10.5 Å². The zero-order valence-electron chi connectivity index (χ0n) is 10.9. The minimum absolute atomic E-state index is 0.169. The van der Waals surface area contributed by atoms with Crippen molar-refractivity contribution in [3.8, 4) is 6.01 Å². The Balaban J connectivity index is 2.69. The van der Waals surface area contributed by atoms with Crippen LogP contribution < -0.4 is 15.8 Å². The molecule has 0 spiro atoms. The van der Waals surface area contributed by atoms with Gasteiger partial charge in [-0.1, -0.05) is 13.8 Å². The summed E-state index contributed by atoms with van der Waals surface area (Å²) in [7, 11) is 0. The number of aromatic nitrogens is 3. The monoisotopic (exact) mass is 239 g/mol. The van der Waals surface area contributed by atoms with Crippen molar-refractivity contribution in [2.45, 2.75) is 40.2 Å². The van der Waals surface area contributed by atoms with Crippen LogP contribution in [0.5, 0.6) is 6.01 Å². The number of anilines is 2. The fraction of sp³-hybridized carbons (Fsp3) is 0.727. The lowest BCUT2D eigenvalue weighted by molar-refractivity contribution is 0.312. The van der Waals surface area contributed by atoms with Crippen LogP contribution in [0.1, 0.15) is 34.1 Å². The molecule has 0 aliphatic heterocycles. The number of rotatable bonds is 6. The molecule has 0 saturated heterocycles. The highest BCUT2D eigenvalue weighted by atomic mass is 16.5. The third-order valence-corrected chi connectivity index (χ3v) is 2.11. The van der Waals surface area contributed by atoms with Gasteiger partial charge in [0.2, 0.25) is 11.9 Å². The zero-order valence-corrected chi connectivity index (χ0v) is 10.9. The van der Waals surface area contributed by atoms with Crippen molar-refractivity contribution in [2.24, 2.45) is 5.92 Å². The van der Waals surface area contributed by atoms with Crippen molar-refractivity contribution >= 4 is 11.9 Å². The molecule has 1 heterocycles. The van der Waals surface area contributed by atoms with E-state index in [0.717, 1.165) is 6.42 Å². The second-order valence-electron chi connectivity index (χ2n) is 4.41. The highest BCUT2D eigenvalue weighted by Gasteiger charge is 2.09. The van der Waals surface area contributed by atoms with E-state index >= 15 is 0 Å². The summed E-state index contributed by atoms with van der Waals surface area (Å²) in [6.45, 7) is 8.80. The molecule has 0 radical (unpaired) electrons. The minimum atomic E-state index is 0.169. The first-order valence-electron chi connectivity index (χ1n) is 5.92. The second kappa shape index (κ2) is 6.22. The lowest BCUT2D eigenvalue weighted by Gasteiger charge is -2.16. The number of hydrogen-bond acceptors (Lipinski definition) is 6. The van der Waals surface area contributed by atoms with Gasteiger partial charge in [-0.25, -0.2) is 0 Å². The molecule has 0 saturated carbocycles. The molecule has 6 heteroatoms. The second-order valence-corrected chi connectivity index (χ2v) is 4.41. The lowest BCUT2D eigenvalue weighted by atomic mass is 10.1. The first kappa shape index (κ1) is 13.5. The van der Waals surface area contributed by atoms with E-state index < -0.39 is 0 Å². The molecule has 1 unspecified atom stereocenters. The van der Waals surface area contributed by atoms with Crippen LogP contribution in [0.4, 0.5) is 11.9 Å². The van der Waals surface area contributed by atoms with Gasteiger partial charge in [0.15, 0.2) is 0 Å². The molecule has 0 aromatic carbocycles. The third kappa shape index (κ3) is 4.84. The molecule has 0 fully saturated rings. The average Bonchev–Trinajstić information content (AvgIpc) is 2.14. The Morgan fingerprint density at radius 3 is 2.53 bits per heavy atom. The van der Waals surface area contributed by atoms with Crippen LogP contribution in [-0.4, -0.2) is 27.6 Å². The molecular weight excluding hydrogens is 218 g/mol. The minimum Gasteiger partial charge on any atom is -0.464 e. The van der Waals surface area contributed by atoms with Gasteiger partial charge in [-0.05, 0) is 26.2 Å². The summed E-state index contributed by atoms with van der Waals surface area (Å²) in [6.07, 6.45) is 1.04. The largest absolute Gasteiger partial charge is 0.464 e. The highest BCUT2D eigenvalue weighted by molar-refractivity contribution is 5.33. The maximum Gasteiger partial charge on any atom is 0.323 e. The molecule has 0 bridgehead atoms. The van der Waals surface area contributed by atoms with E-state index in [1.165, 1.54) is 0 Å². The van der Waals surface area contributed by atoms with E-state index in [1.807, 2.05) is 6.92 Å². The highest BCUT2D eigenvalue weighted by Crippen LogP contribution is 2.12. The Labute approximate surface area is 102 Å². The molecule has 1 aromatic rings. The molecule has 1 rings (SSSR count). The van der Waals surface area contributed by atoms with Gasteiger partial charge in [0.25, 0.3) is 0 Å². The third-order valence-electron chi connectivity index (χ3n) is 2.11. The van der Waals surface area contributed by atoms with Gasteiger partial charge in [-0.15, -0.1) is 0 Å². The maximum atomic E-state index is 5.58. The normalized spacial score (nSPS) is 12.5. The van der Waals surface area contributed by atoms with Crippen LogP contribution in [0.25, 0.3) is 0 Å². The summed E-state index contributed by atoms with van der Waals surface area (Å²) in [4.78, 5) is 12.0. The summed E-state index contributed by atoms with van der Waals surface area (Å²) < 4.78 is 5.21.